The van der Waals surface area contributed by atoms with Crippen LogP contribution in [-0.4, -0.2) is 21.0 Å². The van der Waals surface area contributed by atoms with Crippen molar-refractivity contribution in [3.05, 3.63) is 18.0 Å². The average Bonchev–Trinajstić information content (AvgIpc) is 3.09. The predicted octanol–water partition coefficient (Wildman–Crippen LogP) is 3.73. The second-order valence-corrected chi connectivity index (χ2v) is 7.02. The van der Waals surface area contributed by atoms with Crippen LogP contribution in [0.3, 0.4) is 0 Å². The maximum atomic E-state index is 10.4. The SMILES string of the molecule is CC1CCC(C(O)Cc2ccn(C3CCCC3)n2)CC1. The molecule has 0 amide bonds. The highest BCUT2D eigenvalue weighted by Gasteiger charge is 2.25. The zero-order chi connectivity index (χ0) is 13.9. The van der Waals surface area contributed by atoms with Gasteiger partial charge < -0.3 is 5.11 Å². The third-order valence-corrected chi connectivity index (χ3v) is 5.39. The van der Waals surface area contributed by atoms with E-state index >= 15 is 0 Å². The molecule has 3 heteroatoms. The maximum absolute atomic E-state index is 10.4. The van der Waals surface area contributed by atoms with Gasteiger partial charge in [0, 0.05) is 12.6 Å². The molecule has 1 aromatic rings. The number of aromatic nitrogens is 2. The summed E-state index contributed by atoms with van der Waals surface area (Å²) >= 11 is 0. The highest BCUT2D eigenvalue weighted by Crippen LogP contribution is 2.32. The first-order valence-electron chi connectivity index (χ1n) is 8.44. The Labute approximate surface area is 122 Å². The molecule has 3 rings (SSSR count). The number of rotatable bonds is 4. The van der Waals surface area contributed by atoms with Crippen LogP contribution in [0.2, 0.25) is 0 Å². The van der Waals surface area contributed by atoms with Crippen LogP contribution >= 0.6 is 0 Å². The van der Waals surface area contributed by atoms with Crippen molar-refractivity contribution in [1.82, 2.24) is 9.78 Å². The molecule has 1 heterocycles. The monoisotopic (exact) mass is 276 g/mol. The Balaban J connectivity index is 1.54. The molecule has 1 N–H and O–H groups in total. The van der Waals surface area contributed by atoms with E-state index in [-0.39, 0.29) is 6.10 Å². The van der Waals surface area contributed by atoms with Crippen LogP contribution in [0.5, 0.6) is 0 Å². The smallest absolute Gasteiger partial charge is 0.0650 e. The summed E-state index contributed by atoms with van der Waals surface area (Å²) in [6, 6.07) is 2.71. The lowest BCUT2D eigenvalue weighted by atomic mass is 9.79. The van der Waals surface area contributed by atoms with Gasteiger partial charge >= 0.3 is 0 Å². The first-order valence-corrected chi connectivity index (χ1v) is 8.44. The van der Waals surface area contributed by atoms with Gasteiger partial charge in [-0.3, -0.25) is 4.68 Å². The zero-order valence-electron chi connectivity index (χ0n) is 12.7. The standard InChI is InChI=1S/C17H28N2O/c1-13-6-8-14(9-7-13)17(20)12-15-10-11-19(18-15)16-4-2-3-5-16/h10-11,13-14,16-17,20H,2-9,12H2,1H3. The fourth-order valence-corrected chi connectivity index (χ4v) is 3.91. The second kappa shape index (κ2) is 6.30. The lowest BCUT2D eigenvalue weighted by molar-refractivity contribution is 0.0751. The molecule has 0 spiro atoms. The molecular formula is C17H28N2O. The average molecular weight is 276 g/mol. The molecule has 2 saturated carbocycles. The summed E-state index contributed by atoms with van der Waals surface area (Å²) in [4.78, 5) is 0. The highest BCUT2D eigenvalue weighted by molar-refractivity contribution is 5.02. The van der Waals surface area contributed by atoms with Crippen molar-refractivity contribution in [2.75, 3.05) is 0 Å². The van der Waals surface area contributed by atoms with Gasteiger partial charge in [0.2, 0.25) is 0 Å². The lowest BCUT2D eigenvalue weighted by Crippen LogP contribution is -2.27. The van der Waals surface area contributed by atoms with E-state index in [2.05, 4.69) is 23.9 Å². The fraction of sp³-hybridized carbons (Fsp3) is 0.824. The number of hydrogen-bond acceptors (Lipinski definition) is 2. The van der Waals surface area contributed by atoms with E-state index in [1.807, 2.05) is 0 Å². The van der Waals surface area contributed by atoms with E-state index in [0.717, 1.165) is 18.0 Å². The van der Waals surface area contributed by atoms with Gasteiger partial charge in [-0.1, -0.05) is 32.6 Å². The van der Waals surface area contributed by atoms with E-state index < -0.39 is 0 Å². The van der Waals surface area contributed by atoms with Crippen LogP contribution in [0.15, 0.2) is 12.3 Å². The Kier molecular flexibility index (Phi) is 4.45. The minimum Gasteiger partial charge on any atom is -0.392 e. The number of hydrogen-bond donors (Lipinski definition) is 1. The molecule has 0 aromatic carbocycles. The van der Waals surface area contributed by atoms with Gasteiger partial charge in [0.05, 0.1) is 17.8 Å². The first kappa shape index (κ1) is 14.1. The van der Waals surface area contributed by atoms with Crippen LogP contribution in [-0.2, 0) is 6.42 Å². The van der Waals surface area contributed by atoms with Gasteiger partial charge in [0.15, 0.2) is 0 Å². The van der Waals surface area contributed by atoms with Gasteiger partial charge in [-0.2, -0.15) is 5.10 Å². The second-order valence-electron chi connectivity index (χ2n) is 7.02. The Morgan fingerprint density at radius 1 is 1.20 bits per heavy atom. The molecular weight excluding hydrogens is 248 g/mol. The third kappa shape index (κ3) is 3.25. The summed E-state index contributed by atoms with van der Waals surface area (Å²) in [6.45, 7) is 2.33. The highest BCUT2D eigenvalue weighted by atomic mass is 16.3. The van der Waals surface area contributed by atoms with E-state index in [4.69, 9.17) is 5.10 Å². The minimum atomic E-state index is -0.200. The molecule has 0 radical (unpaired) electrons. The predicted molar refractivity (Wildman–Crippen MR) is 80.6 cm³/mol. The first-order chi connectivity index (χ1) is 9.72. The van der Waals surface area contributed by atoms with E-state index in [1.165, 1.54) is 51.4 Å². The molecule has 2 aliphatic carbocycles. The molecule has 20 heavy (non-hydrogen) atoms. The van der Waals surface area contributed by atoms with Crippen molar-refractivity contribution >= 4 is 0 Å². The number of nitrogens with zero attached hydrogens (tertiary/aromatic N) is 2. The molecule has 1 atom stereocenters. The fourth-order valence-electron chi connectivity index (χ4n) is 3.91. The summed E-state index contributed by atoms with van der Waals surface area (Å²) in [5, 5.41) is 15.1. The van der Waals surface area contributed by atoms with Crippen LogP contribution in [0.1, 0.15) is 70.0 Å². The van der Waals surface area contributed by atoms with Gasteiger partial charge in [-0.25, -0.2) is 0 Å². The molecule has 1 aromatic heterocycles. The maximum Gasteiger partial charge on any atom is 0.0650 e. The van der Waals surface area contributed by atoms with Crippen molar-refractivity contribution in [2.45, 2.75) is 76.9 Å². The summed E-state index contributed by atoms with van der Waals surface area (Å²) in [7, 11) is 0. The van der Waals surface area contributed by atoms with Gasteiger partial charge in [0.25, 0.3) is 0 Å². The number of aliphatic hydroxyl groups excluding tert-OH is 1. The quantitative estimate of drug-likeness (QED) is 0.910. The summed E-state index contributed by atoms with van der Waals surface area (Å²) < 4.78 is 2.14. The van der Waals surface area contributed by atoms with Crippen molar-refractivity contribution in [2.24, 2.45) is 11.8 Å². The topological polar surface area (TPSA) is 38.0 Å². The van der Waals surface area contributed by atoms with Gasteiger partial charge in [0.1, 0.15) is 0 Å². The minimum absolute atomic E-state index is 0.200. The Morgan fingerprint density at radius 2 is 1.90 bits per heavy atom. The molecule has 2 fully saturated rings. The molecule has 3 nitrogen and oxygen atoms in total. The van der Waals surface area contributed by atoms with Crippen molar-refractivity contribution in [1.29, 1.82) is 0 Å². The molecule has 0 saturated heterocycles. The molecule has 2 aliphatic rings. The summed E-state index contributed by atoms with van der Waals surface area (Å²) in [5.74, 6) is 1.34. The van der Waals surface area contributed by atoms with Crippen LogP contribution in [0, 0.1) is 11.8 Å². The summed E-state index contributed by atoms with van der Waals surface area (Å²) in [5.41, 5.74) is 1.07. The Bertz CT molecular complexity index is 414. The molecule has 0 bridgehead atoms. The third-order valence-electron chi connectivity index (χ3n) is 5.39. The van der Waals surface area contributed by atoms with Crippen molar-refractivity contribution in [3.63, 3.8) is 0 Å². The zero-order valence-corrected chi connectivity index (χ0v) is 12.7. The van der Waals surface area contributed by atoms with Crippen molar-refractivity contribution < 1.29 is 5.11 Å². The van der Waals surface area contributed by atoms with E-state index in [1.54, 1.807) is 0 Å². The molecule has 0 aliphatic heterocycles. The molecule has 1 unspecified atom stereocenters. The van der Waals surface area contributed by atoms with Crippen molar-refractivity contribution in [3.8, 4) is 0 Å². The van der Waals surface area contributed by atoms with Crippen LogP contribution < -0.4 is 0 Å². The summed E-state index contributed by atoms with van der Waals surface area (Å²) in [6.07, 6.45) is 12.8. The van der Waals surface area contributed by atoms with Crippen LogP contribution in [0.4, 0.5) is 0 Å². The van der Waals surface area contributed by atoms with Gasteiger partial charge in [-0.15, -0.1) is 0 Å². The largest absolute Gasteiger partial charge is 0.392 e. The van der Waals surface area contributed by atoms with Crippen LogP contribution in [0.25, 0.3) is 0 Å². The Hall–Kier alpha value is -0.830. The van der Waals surface area contributed by atoms with Gasteiger partial charge in [-0.05, 0) is 43.6 Å². The van der Waals surface area contributed by atoms with E-state index in [9.17, 15) is 5.11 Å². The normalized spacial score (nSPS) is 29.7. The number of aliphatic hydroxyl groups is 1. The Morgan fingerprint density at radius 3 is 2.60 bits per heavy atom. The van der Waals surface area contributed by atoms with E-state index in [0.29, 0.717) is 12.0 Å². The molecule has 112 valence electrons. The lowest BCUT2D eigenvalue weighted by Gasteiger charge is -2.29.